The predicted octanol–water partition coefficient (Wildman–Crippen LogP) is 2.64. The average molecular weight is 227 g/mol. The Kier molecular flexibility index (Phi) is 2.41. The Labute approximate surface area is 89.2 Å². The molecule has 0 atom stereocenters. The van der Waals surface area contributed by atoms with Crippen molar-refractivity contribution in [2.24, 2.45) is 0 Å². The van der Waals surface area contributed by atoms with E-state index in [-0.39, 0.29) is 5.52 Å². The summed E-state index contributed by atoms with van der Waals surface area (Å²) in [6.45, 7) is 3.95. The maximum atomic E-state index is 12.4. The normalized spacial score (nSPS) is 11.9. The van der Waals surface area contributed by atoms with Crippen LogP contribution in [0, 0.1) is 0 Å². The van der Waals surface area contributed by atoms with Crippen molar-refractivity contribution in [1.82, 2.24) is 15.0 Å². The molecule has 16 heavy (non-hydrogen) atoms. The van der Waals surface area contributed by atoms with Gasteiger partial charge in [0.2, 0.25) is 0 Å². The van der Waals surface area contributed by atoms with Crippen molar-refractivity contribution in [2.45, 2.75) is 12.7 Å². The molecule has 0 aliphatic heterocycles. The van der Waals surface area contributed by atoms with E-state index in [0.717, 1.165) is 12.1 Å². The lowest BCUT2D eigenvalue weighted by atomic mass is 10.2. The third kappa shape index (κ3) is 1.78. The molecule has 84 valence electrons. The Hall–Kier alpha value is -1.85. The number of hydrogen-bond donors (Lipinski definition) is 0. The van der Waals surface area contributed by atoms with Crippen LogP contribution in [0.25, 0.3) is 11.0 Å². The fraction of sp³-hybridized carbons (Fsp3) is 0.200. The van der Waals surface area contributed by atoms with Crippen LogP contribution in [0.5, 0.6) is 0 Å². The van der Waals surface area contributed by atoms with E-state index in [4.69, 9.17) is 0 Å². The molecule has 3 nitrogen and oxygen atoms in total. The van der Waals surface area contributed by atoms with Gasteiger partial charge in [-0.1, -0.05) is 11.3 Å². The lowest BCUT2D eigenvalue weighted by Gasteiger charge is -2.05. The molecule has 0 amide bonds. The first-order valence-corrected chi connectivity index (χ1v) is 4.53. The first-order valence-electron chi connectivity index (χ1n) is 4.53. The van der Waals surface area contributed by atoms with Gasteiger partial charge in [-0.05, 0) is 18.2 Å². The summed E-state index contributed by atoms with van der Waals surface area (Å²) in [5.41, 5.74) is 0.0789. The zero-order valence-corrected chi connectivity index (χ0v) is 8.20. The number of hydrogen-bond acceptors (Lipinski definition) is 2. The summed E-state index contributed by atoms with van der Waals surface area (Å²) in [6.07, 6.45) is -2.75. The van der Waals surface area contributed by atoms with Gasteiger partial charge in [-0.25, -0.2) is 4.68 Å². The molecule has 0 saturated carbocycles. The van der Waals surface area contributed by atoms with E-state index >= 15 is 0 Å². The molecule has 1 aromatic carbocycles. The Morgan fingerprint density at radius 2 is 2.12 bits per heavy atom. The fourth-order valence-corrected chi connectivity index (χ4v) is 1.41. The number of rotatable bonds is 2. The van der Waals surface area contributed by atoms with Crippen molar-refractivity contribution in [3.8, 4) is 0 Å². The summed E-state index contributed by atoms with van der Waals surface area (Å²) in [7, 11) is 0. The molecular weight excluding hydrogens is 219 g/mol. The van der Waals surface area contributed by atoms with Gasteiger partial charge in [0.05, 0.1) is 17.6 Å². The lowest BCUT2D eigenvalue weighted by Crippen LogP contribution is -2.04. The number of halogens is 3. The third-order valence-corrected chi connectivity index (χ3v) is 2.14. The van der Waals surface area contributed by atoms with E-state index in [0.29, 0.717) is 12.1 Å². The van der Waals surface area contributed by atoms with E-state index in [1.165, 1.54) is 10.7 Å². The predicted molar refractivity (Wildman–Crippen MR) is 52.7 cm³/mol. The molecule has 0 unspecified atom stereocenters. The van der Waals surface area contributed by atoms with Crippen molar-refractivity contribution >= 4 is 11.0 Å². The Morgan fingerprint density at radius 1 is 1.38 bits per heavy atom. The van der Waals surface area contributed by atoms with Crippen LogP contribution in [-0.2, 0) is 12.7 Å². The number of aromatic nitrogens is 3. The van der Waals surface area contributed by atoms with Gasteiger partial charge < -0.3 is 0 Å². The summed E-state index contributed by atoms with van der Waals surface area (Å²) < 4.78 is 38.7. The summed E-state index contributed by atoms with van der Waals surface area (Å²) in [4.78, 5) is 0. The molecule has 0 spiro atoms. The summed E-state index contributed by atoms with van der Waals surface area (Å²) in [6, 6.07) is 3.37. The lowest BCUT2D eigenvalue weighted by molar-refractivity contribution is -0.137. The van der Waals surface area contributed by atoms with Crippen LogP contribution in [0.3, 0.4) is 0 Å². The van der Waals surface area contributed by atoms with Crippen LogP contribution in [0.4, 0.5) is 13.2 Å². The molecule has 1 aromatic heterocycles. The molecule has 0 aliphatic carbocycles. The Balaban J connectivity index is 2.53. The first-order chi connectivity index (χ1) is 7.52. The zero-order valence-electron chi connectivity index (χ0n) is 8.20. The molecule has 0 radical (unpaired) electrons. The first kappa shape index (κ1) is 10.7. The van der Waals surface area contributed by atoms with Gasteiger partial charge in [-0.15, -0.1) is 11.7 Å². The summed E-state index contributed by atoms with van der Waals surface area (Å²) >= 11 is 0. The monoisotopic (exact) mass is 227 g/mol. The molecule has 0 aliphatic rings. The highest BCUT2D eigenvalue weighted by Gasteiger charge is 2.30. The molecule has 6 heteroatoms. The average Bonchev–Trinajstić information content (AvgIpc) is 2.60. The third-order valence-electron chi connectivity index (χ3n) is 2.14. The Bertz CT molecular complexity index is 528. The minimum atomic E-state index is -4.35. The van der Waals surface area contributed by atoms with Crippen molar-refractivity contribution < 1.29 is 13.2 Å². The molecule has 0 N–H and O–H groups in total. The SMILES string of the molecule is C=CCn1nnc2cc(C(F)(F)F)ccc21. The van der Waals surface area contributed by atoms with Crippen LogP contribution in [-0.4, -0.2) is 15.0 Å². The van der Waals surface area contributed by atoms with E-state index in [9.17, 15) is 13.2 Å². The van der Waals surface area contributed by atoms with E-state index < -0.39 is 11.7 Å². The van der Waals surface area contributed by atoms with Crippen molar-refractivity contribution in [1.29, 1.82) is 0 Å². The molecule has 0 bridgehead atoms. The molecule has 1 heterocycles. The minimum absolute atomic E-state index is 0.233. The van der Waals surface area contributed by atoms with Crippen LogP contribution in [0.2, 0.25) is 0 Å². The largest absolute Gasteiger partial charge is 0.416 e. The van der Waals surface area contributed by atoms with E-state index in [1.54, 1.807) is 6.08 Å². The van der Waals surface area contributed by atoms with Gasteiger partial charge in [0.25, 0.3) is 0 Å². The second-order valence-electron chi connectivity index (χ2n) is 3.26. The van der Waals surface area contributed by atoms with Crippen molar-refractivity contribution in [3.63, 3.8) is 0 Å². The van der Waals surface area contributed by atoms with E-state index in [2.05, 4.69) is 16.9 Å². The molecule has 0 fully saturated rings. The van der Waals surface area contributed by atoms with Gasteiger partial charge in [-0.2, -0.15) is 13.2 Å². The fourth-order valence-electron chi connectivity index (χ4n) is 1.41. The van der Waals surface area contributed by atoms with Gasteiger partial charge in [-0.3, -0.25) is 0 Å². The number of alkyl halides is 3. The number of allylic oxidation sites excluding steroid dienone is 1. The topological polar surface area (TPSA) is 30.7 Å². The second kappa shape index (κ2) is 3.62. The van der Waals surface area contributed by atoms with Crippen molar-refractivity contribution in [3.05, 3.63) is 36.4 Å². The maximum Gasteiger partial charge on any atom is 0.416 e. The molecule has 0 saturated heterocycles. The summed E-state index contributed by atoms with van der Waals surface area (Å²) in [5, 5.41) is 7.41. The number of nitrogens with zero attached hydrogens (tertiary/aromatic N) is 3. The van der Waals surface area contributed by atoms with Gasteiger partial charge in [0, 0.05) is 0 Å². The zero-order chi connectivity index (χ0) is 11.8. The second-order valence-corrected chi connectivity index (χ2v) is 3.26. The quantitative estimate of drug-likeness (QED) is 0.738. The minimum Gasteiger partial charge on any atom is -0.241 e. The number of benzene rings is 1. The molecule has 2 aromatic rings. The Morgan fingerprint density at radius 3 is 2.75 bits per heavy atom. The van der Waals surface area contributed by atoms with Crippen LogP contribution in [0.1, 0.15) is 5.56 Å². The highest BCUT2D eigenvalue weighted by molar-refractivity contribution is 5.75. The van der Waals surface area contributed by atoms with Gasteiger partial charge >= 0.3 is 6.18 Å². The van der Waals surface area contributed by atoms with Gasteiger partial charge in [0.15, 0.2) is 0 Å². The smallest absolute Gasteiger partial charge is 0.241 e. The maximum absolute atomic E-state index is 12.4. The highest BCUT2D eigenvalue weighted by Crippen LogP contribution is 2.30. The van der Waals surface area contributed by atoms with Crippen LogP contribution in [0.15, 0.2) is 30.9 Å². The molecular formula is C10H8F3N3. The van der Waals surface area contributed by atoms with Crippen LogP contribution < -0.4 is 0 Å². The number of fused-ring (bicyclic) bond motifs is 1. The van der Waals surface area contributed by atoms with Gasteiger partial charge in [0.1, 0.15) is 5.52 Å². The van der Waals surface area contributed by atoms with Crippen LogP contribution >= 0.6 is 0 Å². The summed E-state index contributed by atoms with van der Waals surface area (Å²) in [5.74, 6) is 0. The highest BCUT2D eigenvalue weighted by atomic mass is 19.4. The standard InChI is InChI=1S/C10H8F3N3/c1-2-5-16-9-4-3-7(10(11,12)13)6-8(9)14-15-16/h2-4,6H,1,5H2. The molecule has 2 rings (SSSR count). The van der Waals surface area contributed by atoms with E-state index in [1.807, 2.05) is 0 Å². The van der Waals surface area contributed by atoms with Crippen molar-refractivity contribution in [2.75, 3.05) is 0 Å².